The van der Waals surface area contributed by atoms with Crippen LogP contribution in [0.2, 0.25) is 0 Å². The first kappa shape index (κ1) is 24.3. The van der Waals surface area contributed by atoms with E-state index >= 15 is 0 Å². The molecule has 1 rings (SSSR count). The zero-order valence-electron chi connectivity index (χ0n) is 15.7. The number of aliphatic hydroxyl groups is 1. The smallest absolute Gasteiger partial charge is 0.310 e. The summed E-state index contributed by atoms with van der Waals surface area (Å²) in [7, 11) is 0. The fourth-order valence-corrected chi connectivity index (χ4v) is 2.92. The van der Waals surface area contributed by atoms with E-state index in [-0.39, 0.29) is 25.0 Å². The number of nitrogens with zero attached hydrogens (tertiary/aromatic N) is 1. The van der Waals surface area contributed by atoms with Crippen molar-refractivity contribution in [1.29, 1.82) is 0 Å². The lowest BCUT2D eigenvalue weighted by molar-refractivity contribution is -0.152. The molecule has 1 fully saturated rings. The highest BCUT2D eigenvalue weighted by molar-refractivity contribution is 6.67. The molecule has 10 heteroatoms. The summed E-state index contributed by atoms with van der Waals surface area (Å²) in [4.78, 5) is 38.3. The Hall–Kier alpha value is -0.760. The minimum atomic E-state index is -1.69. The molecule has 0 bridgehead atoms. The Morgan fingerprint density at radius 1 is 1.30 bits per heavy atom. The molecular formula is C17H27Cl3N2O5. The van der Waals surface area contributed by atoms with Crippen molar-refractivity contribution in [3.63, 3.8) is 0 Å². The summed E-state index contributed by atoms with van der Waals surface area (Å²) in [6.45, 7) is 5.46. The van der Waals surface area contributed by atoms with Crippen LogP contribution in [0.4, 0.5) is 0 Å². The SMILES string of the molecule is CC[C@H](C)[C@H](O)C(=O)N[C@@H](C)C(=O)N1CCC[C@@H](C(=O)OCC(Cl)(Cl)Cl)C1. The summed E-state index contributed by atoms with van der Waals surface area (Å²) in [5, 5.41) is 12.5. The van der Waals surface area contributed by atoms with Crippen LogP contribution in [0.1, 0.15) is 40.0 Å². The van der Waals surface area contributed by atoms with Crippen LogP contribution in [-0.2, 0) is 19.1 Å². The lowest BCUT2D eigenvalue weighted by atomic mass is 9.97. The van der Waals surface area contributed by atoms with Gasteiger partial charge >= 0.3 is 5.97 Å². The van der Waals surface area contributed by atoms with Crippen LogP contribution in [0, 0.1) is 11.8 Å². The molecule has 0 aliphatic carbocycles. The molecule has 1 saturated heterocycles. The topological polar surface area (TPSA) is 95.9 Å². The monoisotopic (exact) mass is 444 g/mol. The van der Waals surface area contributed by atoms with Gasteiger partial charge in [0.05, 0.1) is 5.92 Å². The van der Waals surface area contributed by atoms with Crippen molar-refractivity contribution in [3.8, 4) is 0 Å². The predicted molar refractivity (Wildman–Crippen MR) is 104 cm³/mol. The normalized spacial score (nSPS) is 21.1. The summed E-state index contributed by atoms with van der Waals surface area (Å²) < 4.78 is 3.31. The second-order valence-electron chi connectivity index (χ2n) is 6.91. The van der Waals surface area contributed by atoms with Gasteiger partial charge in [-0.1, -0.05) is 55.1 Å². The van der Waals surface area contributed by atoms with Gasteiger partial charge < -0.3 is 20.1 Å². The Labute approximate surface area is 174 Å². The number of hydrogen-bond donors (Lipinski definition) is 2. The number of rotatable bonds is 7. The summed E-state index contributed by atoms with van der Waals surface area (Å²) in [5.41, 5.74) is 0. The van der Waals surface area contributed by atoms with Gasteiger partial charge in [0.15, 0.2) is 0 Å². The second kappa shape index (κ2) is 10.7. The first-order chi connectivity index (χ1) is 12.5. The lowest BCUT2D eigenvalue weighted by Gasteiger charge is -2.33. The van der Waals surface area contributed by atoms with Crippen molar-refractivity contribution in [1.82, 2.24) is 10.2 Å². The van der Waals surface area contributed by atoms with Crippen LogP contribution in [0.5, 0.6) is 0 Å². The second-order valence-corrected chi connectivity index (χ2v) is 9.42. The van der Waals surface area contributed by atoms with Crippen molar-refractivity contribution in [2.24, 2.45) is 11.8 Å². The van der Waals surface area contributed by atoms with Crippen molar-refractivity contribution in [2.45, 2.75) is 56.0 Å². The fraction of sp³-hybridized carbons (Fsp3) is 0.824. The zero-order chi connectivity index (χ0) is 20.8. The molecule has 156 valence electrons. The fourth-order valence-electron chi connectivity index (χ4n) is 2.76. The maximum Gasteiger partial charge on any atom is 0.310 e. The number of ether oxygens (including phenoxy) is 1. The predicted octanol–water partition coefficient (Wildman–Crippen LogP) is 2.05. The summed E-state index contributed by atoms with van der Waals surface area (Å²) in [6, 6.07) is -0.813. The molecule has 0 aromatic heterocycles. The number of carbonyl (C=O) groups is 3. The number of amides is 2. The number of halogens is 3. The third kappa shape index (κ3) is 8.02. The van der Waals surface area contributed by atoms with Gasteiger partial charge in [-0.15, -0.1) is 0 Å². The summed E-state index contributed by atoms with van der Waals surface area (Å²) >= 11 is 16.7. The highest BCUT2D eigenvalue weighted by atomic mass is 35.6. The molecule has 1 heterocycles. The maximum atomic E-state index is 12.6. The van der Waals surface area contributed by atoms with E-state index in [1.807, 2.05) is 6.92 Å². The van der Waals surface area contributed by atoms with Gasteiger partial charge in [0, 0.05) is 13.1 Å². The third-order valence-electron chi connectivity index (χ3n) is 4.63. The molecule has 7 nitrogen and oxygen atoms in total. The molecule has 1 aliphatic rings. The largest absolute Gasteiger partial charge is 0.461 e. The van der Waals surface area contributed by atoms with E-state index in [4.69, 9.17) is 39.5 Å². The van der Waals surface area contributed by atoms with E-state index in [9.17, 15) is 19.5 Å². The molecule has 2 amide bonds. The number of carbonyl (C=O) groups excluding carboxylic acids is 3. The van der Waals surface area contributed by atoms with E-state index in [0.717, 1.165) is 0 Å². The Balaban J connectivity index is 2.59. The minimum Gasteiger partial charge on any atom is -0.461 e. The van der Waals surface area contributed by atoms with Crippen LogP contribution in [0.15, 0.2) is 0 Å². The maximum absolute atomic E-state index is 12.6. The molecule has 0 saturated carbocycles. The first-order valence-corrected chi connectivity index (χ1v) is 10.1. The van der Waals surface area contributed by atoms with Crippen molar-refractivity contribution >= 4 is 52.6 Å². The average Bonchev–Trinajstić information content (AvgIpc) is 2.63. The third-order valence-corrected chi connectivity index (χ3v) is 4.95. The van der Waals surface area contributed by atoms with Crippen LogP contribution in [-0.4, -0.2) is 63.4 Å². The van der Waals surface area contributed by atoms with Crippen molar-refractivity contribution in [2.75, 3.05) is 19.7 Å². The summed E-state index contributed by atoms with van der Waals surface area (Å²) in [5.74, 6) is -2.15. The Kier molecular flexibility index (Phi) is 9.62. The summed E-state index contributed by atoms with van der Waals surface area (Å²) in [6.07, 6.45) is 0.656. The molecule has 4 atom stereocenters. The number of alkyl halides is 3. The number of aliphatic hydroxyl groups excluding tert-OH is 1. The number of nitrogens with one attached hydrogen (secondary N) is 1. The highest BCUT2D eigenvalue weighted by Gasteiger charge is 2.34. The van der Waals surface area contributed by atoms with Gasteiger partial charge in [-0.25, -0.2) is 0 Å². The van der Waals surface area contributed by atoms with E-state index < -0.39 is 33.7 Å². The first-order valence-electron chi connectivity index (χ1n) is 8.96. The molecule has 0 spiro atoms. The van der Waals surface area contributed by atoms with Crippen LogP contribution in [0.3, 0.4) is 0 Å². The molecule has 0 unspecified atom stereocenters. The van der Waals surface area contributed by atoms with E-state index in [2.05, 4.69) is 5.32 Å². The highest BCUT2D eigenvalue weighted by Crippen LogP contribution is 2.27. The van der Waals surface area contributed by atoms with Gasteiger partial charge in [-0.05, 0) is 25.7 Å². The molecular weight excluding hydrogens is 419 g/mol. The molecule has 27 heavy (non-hydrogen) atoms. The molecule has 1 aliphatic heterocycles. The quantitative estimate of drug-likeness (QED) is 0.462. The van der Waals surface area contributed by atoms with Gasteiger partial charge in [-0.3, -0.25) is 14.4 Å². The Morgan fingerprint density at radius 2 is 1.93 bits per heavy atom. The number of hydrogen-bond acceptors (Lipinski definition) is 5. The molecule has 0 aromatic carbocycles. The number of esters is 1. The lowest BCUT2D eigenvalue weighted by Crippen LogP contribution is -2.53. The van der Waals surface area contributed by atoms with E-state index in [0.29, 0.717) is 25.8 Å². The van der Waals surface area contributed by atoms with E-state index in [1.54, 1.807) is 13.8 Å². The van der Waals surface area contributed by atoms with E-state index in [1.165, 1.54) is 4.90 Å². The van der Waals surface area contributed by atoms with Crippen LogP contribution in [0.25, 0.3) is 0 Å². The minimum absolute atomic E-state index is 0.172. The Bertz CT molecular complexity index is 541. The van der Waals surface area contributed by atoms with Crippen molar-refractivity contribution in [3.05, 3.63) is 0 Å². The zero-order valence-corrected chi connectivity index (χ0v) is 18.0. The van der Waals surface area contributed by atoms with Gasteiger partial charge in [0.25, 0.3) is 0 Å². The average molecular weight is 446 g/mol. The molecule has 0 radical (unpaired) electrons. The molecule has 2 N–H and O–H groups in total. The van der Waals surface area contributed by atoms with Gasteiger partial charge in [-0.2, -0.15) is 0 Å². The molecule has 0 aromatic rings. The Morgan fingerprint density at radius 3 is 2.48 bits per heavy atom. The van der Waals surface area contributed by atoms with Crippen LogP contribution < -0.4 is 5.32 Å². The number of piperidine rings is 1. The van der Waals surface area contributed by atoms with Gasteiger partial charge in [0.2, 0.25) is 15.6 Å². The number of likely N-dealkylation sites (tertiary alicyclic amines) is 1. The standard InChI is InChI=1S/C17H27Cl3N2O5/c1-4-10(2)13(23)14(24)21-11(3)15(25)22-7-5-6-12(8-22)16(26)27-9-17(18,19)20/h10-13,23H,4-9H2,1-3H3,(H,21,24)/t10-,11-,12+,13-/m0/s1. The van der Waals surface area contributed by atoms with Gasteiger partial charge in [0.1, 0.15) is 18.8 Å². The van der Waals surface area contributed by atoms with Crippen LogP contribution >= 0.6 is 34.8 Å². The van der Waals surface area contributed by atoms with Crippen molar-refractivity contribution < 1.29 is 24.2 Å².